The van der Waals surface area contributed by atoms with Gasteiger partial charge in [0.15, 0.2) is 0 Å². The number of halogens is 4. The largest absolute Gasteiger partial charge is 0.420 e. The molecule has 0 radical (unpaired) electrons. The van der Waals surface area contributed by atoms with Crippen LogP contribution in [0.1, 0.15) is 5.56 Å². The van der Waals surface area contributed by atoms with Gasteiger partial charge in [0, 0.05) is 4.47 Å². The number of hydrogen-bond donors (Lipinski definition) is 0. The van der Waals surface area contributed by atoms with E-state index in [1.807, 2.05) is 0 Å². The number of para-hydroxylation sites is 1. The number of hydrogen-bond acceptors (Lipinski definition) is 3. The zero-order chi connectivity index (χ0) is 15.5. The molecule has 1 atom stereocenters. The van der Waals surface area contributed by atoms with Crippen molar-refractivity contribution in [3.8, 4) is 11.5 Å². The highest BCUT2D eigenvalue weighted by molar-refractivity contribution is 9.10. The molecule has 0 amide bonds. The van der Waals surface area contributed by atoms with Gasteiger partial charge in [-0.1, -0.05) is 34.1 Å². The first-order valence-corrected chi connectivity index (χ1v) is 7.69. The van der Waals surface area contributed by atoms with Gasteiger partial charge in [0.25, 0.3) is 0 Å². The van der Waals surface area contributed by atoms with Crippen LogP contribution in [0.15, 0.2) is 53.0 Å². The van der Waals surface area contributed by atoms with Crippen molar-refractivity contribution in [2.24, 2.45) is 0 Å². The summed E-state index contributed by atoms with van der Waals surface area (Å²) >= 11 is 2.95. The topological polar surface area (TPSA) is 35.5 Å². The average molecular weight is 381 g/mol. The van der Waals surface area contributed by atoms with E-state index >= 15 is 0 Å². The van der Waals surface area contributed by atoms with E-state index in [4.69, 9.17) is 9.05 Å². The van der Waals surface area contributed by atoms with Gasteiger partial charge in [-0.2, -0.15) is 13.2 Å². The lowest BCUT2D eigenvalue weighted by molar-refractivity contribution is -0.138. The zero-order valence-electron chi connectivity index (χ0n) is 10.4. The third-order valence-corrected chi connectivity index (χ3v) is 3.67. The Balaban J connectivity index is 2.18. The van der Waals surface area contributed by atoms with Crippen LogP contribution in [-0.2, 0) is 10.7 Å². The Labute approximate surface area is 127 Å². The van der Waals surface area contributed by atoms with Gasteiger partial charge in [-0.05, 0) is 30.3 Å². The standard InChI is InChI=1S/C13H9BrF3O3P/c14-9-6-7-12(11(8-9)13(15,16)17)20-21(18)19-10-4-2-1-3-5-10/h1-8,21H. The molecule has 112 valence electrons. The maximum absolute atomic E-state index is 12.9. The summed E-state index contributed by atoms with van der Waals surface area (Å²) in [6.45, 7) is 0. The molecule has 0 heterocycles. The summed E-state index contributed by atoms with van der Waals surface area (Å²) in [5.74, 6) is -0.280. The van der Waals surface area contributed by atoms with E-state index in [0.29, 0.717) is 0 Å². The molecule has 0 bridgehead atoms. The monoisotopic (exact) mass is 380 g/mol. The van der Waals surface area contributed by atoms with Crippen molar-refractivity contribution in [2.45, 2.75) is 6.18 Å². The lowest BCUT2D eigenvalue weighted by atomic mass is 10.2. The molecule has 2 aromatic rings. The quantitative estimate of drug-likeness (QED) is 0.673. The van der Waals surface area contributed by atoms with Gasteiger partial charge in [0.1, 0.15) is 11.5 Å². The summed E-state index contributed by atoms with van der Waals surface area (Å²) in [7, 11) is -3.15. The summed E-state index contributed by atoms with van der Waals surface area (Å²) in [5, 5.41) is 0. The summed E-state index contributed by atoms with van der Waals surface area (Å²) in [4.78, 5) is 0. The molecule has 0 aromatic heterocycles. The van der Waals surface area contributed by atoms with Crippen LogP contribution in [0, 0.1) is 0 Å². The van der Waals surface area contributed by atoms with E-state index < -0.39 is 25.7 Å². The predicted octanol–water partition coefficient (Wildman–Crippen LogP) is 5.32. The van der Waals surface area contributed by atoms with Gasteiger partial charge in [0.05, 0.1) is 5.56 Å². The lowest BCUT2D eigenvalue weighted by Gasteiger charge is -2.14. The molecule has 3 nitrogen and oxygen atoms in total. The zero-order valence-corrected chi connectivity index (χ0v) is 12.9. The Morgan fingerprint density at radius 3 is 2.29 bits per heavy atom. The molecule has 0 saturated carbocycles. The van der Waals surface area contributed by atoms with E-state index in [-0.39, 0.29) is 10.2 Å². The minimum Gasteiger partial charge on any atom is -0.418 e. The first-order valence-electron chi connectivity index (χ1n) is 5.68. The molecule has 0 spiro atoms. The second-order valence-corrected chi connectivity index (χ2v) is 5.73. The summed E-state index contributed by atoms with van der Waals surface area (Å²) in [6.07, 6.45) is -4.62. The van der Waals surface area contributed by atoms with Gasteiger partial charge >= 0.3 is 14.4 Å². The van der Waals surface area contributed by atoms with Gasteiger partial charge in [-0.15, -0.1) is 0 Å². The highest BCUT2D eigenvalue weighted by Crippen LogP contribution is 2.41. The van der Waals surface area contributed by atoms with E-state index in [1.165, 1.54) is 18.2 Å². The van der Waals surface area contributed by atoms with Crippen molar-refractivity contribution in [1.82, 2.24) is 0 Å². The Kier molecular flexibility index (Phi) is 4.96. The predicted molar refractivity (Wildman–Crippen MR) is 75.8 cm³/mol. The van der Waals surface area contributed by atoms with Gasteiger partial charge < -0.3 is 9.05 Å². The van der Waals surface area contributed by atoms with Gasteiger partial charge in [-0.3, -0.25) is 0 Å². The van der Waals surface area contributed by atoms with Crippen LogP contribution in [0.5, 0.6) is 11.5 Å². The highest BCUT2D eigenvalue weighted by Gasteiger charge is 2.35. The summed E-state index contributed by atoms with van der Waals surface area (Å²) in [5.41, 5.74) is -1.02. The Morgan fingerprint density at radius 2 is 1.67 bits per heavy atom. The molecule has 1 unspecified atom stereocenters. The van der Waals surface area contributed by atoms with Gasteiger partial charge in [-0.25, -0.2) is 4.57 Å². The fraction of sp³-hybridized carbons (Fsp3) is 0.0769. The van der Waals surface area contributed by atoms with Crippen LogP contribution in [0.3, 0.4) is 0 Å². The van der Waals surface area contributed by atoms with Crippen LogP contribution in [0.2, 0.25) is 0 Å². The molecule has 0 N–H and O–H groups in total. The Bertz CT molecular complexity index is 647. The number of benzene rings is 2. The Hall–Kier alpha value is -1.46. The maximum atomic E-state index is 12.9. The van der Waals surface area contributed by atoms with Crippen molar-refractivity contribution >= 4 is 24.2 Å². The Morgan fingerprint density at radius 1 is 1.00 bits per heavy atom. The third kappa shape index (κ3) is 4.51. The second kappa shape index (κ2) is 6.54. The van der Waals surface area contributed by atoms with Crippen LogP contribution >= 0.6 is 24.2 Å². The van der Waals surface area contributed by atoms with Crippen LogP contribution in [-0.4, -0.2) is 0 Å². The van der Waals surface area contributed by atoms with Crippen molar-refractivity contribution in [3.05, 3.63) is 58.6 Å². The minimum atomic E-state index is -4.62. The lowest BCUT2D eigenvalue weighted by Crippen LogP contribution is -2.07. The molecule has 0 aliphatic heterocycles. The molecule has 2 aromatic carbocycles. The molecule has 21 heavy (non-hydrogen) atoms. The van der Waals surface area contributed by atoms with Gasteiger partial charge in [0.2, 0.25) is 0 Å². The van der Waals surface area contributed by atoms with Crippen molar-refractivity contribution in [1.29, 1.82) is 0 Å². The minimum absolute atomic E-state index is 0.242. The molecular formula is C13H9BrF3O3P. The fourth-order valence-corrected chi connectivity index (χ4v) is 2.60. The first-order chi connectivity index (χ1) is 9.86. The highest BCUT2D eigenvalue weighted by atomic mass is 79.9. The molecule has 2 rings (SSSR count). The SMILES string of the molecule is O=[PH](Oc1ccccc1)Oc1ccc(Br)cc1C(F)(F)F. The normalized spacial score (nSPS) is 12.8. The van der Waals surface area contributed by atoms with Crippen LogP contribution in [0.25, 0.3) is 0 Å². The van der Waals surface area contributed by atoms with Crippen molar-refractivity contribution in [3.63, 3.8) is 0 Å². The maximum Gasteiger partial charge on any atom is 0.420 e. The third-order valence-electron chi connectivity index (χ3n) is 2.38. The van der Waals surface area contributed by atoms with Crippen molar-refractivity contribution in [2.75, 3.05) is 0 Å². The summed E-state index contributed by atoms with van der Waals surface area (Å²) in [6, 6.07) is 11.4. The molecule has 0 saturated heterocycles. The van der Waals surface area contributed by atoms with E-state index in [1.54, 1.807) is 18.2 Å². The summed E-state index contributed by atoms with van der Waals surface area (Å²) < 4.78 is 60.3. The van der Waals surface area contributed by atoms with Crippen molar-refractivity contribution < 1.29 is 26.8 Å². The molecule has 8 heteroatoms. The number of rotatable bonds is 4. The van der Waals surface area contributed by atoms with E-state index in [9.17, 15) is 17.7 Å². The average Bonchev–Trinajstić information content (AvgIpc) is 2.40. The van der Waals surface area contributed by atoms with Crippen LogP contribution < -0.4 is 9.05 Å². The first kappa shape index (κ1) is 15.9. The second-order valence-electron chi connectivity index (χ2n) is 3.91. The number of alkyl halides is 3. The smallest absolute Gasteiger partial charge is 0.418 e. The molecule has 0 aliphatic rings. The fourth-order valence-electron chi connectivity index (χ4n) is 1.51. The molecule has 0 fully saturated rings. The molecule has 0 aliphatic carbocycles. The van der Waals surface area contributed by atoms with Crippen LogP contribution in [0.4, 0.5) is 13.2 Å². The van der Waals surface area contributed by atoms with E-state index in [2.05, 4.69) is 15.9 Å². The van der Waals surface area contributed by atoms with E-state index in [0.717, 1.165) is 12.1 Å². The molecular weight excluding hydrogens is 372 g/mol.